The summed E-state index contributed by atoms with van der Waals surface area (Å²) in [4.78, 5) is 7.04. The number of halogens is 1. The Hall–Kier alpha value is -2.00. The molecule has 1 saturated heterocycles. The fourth-order valence-corrected chi connectivity index (χ4v) is 2.52. The Morgan fingerprint density at radius 2 is 1.62 bits per heavy atom. The van der Waals surface area contributed by atoms with Crippen LogP contribution in [-0.2, 0) is 0 Å². The highest BCUT2D eigenvalue weighted by molar-refractivity contribution is 6.30. The maximum absolute atomic E-state index is 5.93. The molecule has 0 atom stereocenters. The topological polar surface area (TPSA) is 27.6 Å². The lowest BCUT2D eigenvalue weighted by Crippen LogP contribution is -2.33. The van der Waals surface area contributed by atoms with Gasteiger partial charge in [0.1, 0.15) is 0 Å². The van der Waals surface area contributed by atoms with Crippen molar-refractivity contribution in [2.45, 2.75) is 12.8 Å². The maximum atomic E-state index is 5.93. The van der Waals surface area contributed by atoms with E-state index in [0.717, 1.165) is 35.4 Å². The molecule has 4 heteroatoms. The summed E-state index contributed by atoms with van der Waals surface area (Å²) in [5.41, 5.74) is 1.96. The average molecular weight is 300 g/mol. The molecule has 0 spiro atoms. The maximum Gasteiger partial charge on any atom is 0.203 e. The number of benzene rings is 2. The number of anilines is 1. The fourth-order valence-electron chi connectivity index (χ4n) is 2.40. The Bertz CT molecular complexity index is 602. The van der Waals surface area contributed by atoms with Gasteiger partial charge in [0.25, 0.3) is 0 Å². The zero-order valence-corrected chi connectivity index (χ0v) is 12.6. The molecule has 1 aliphatic rings. The van der Waals surface area contributed by atoms with Gasteiger partial charge in [0, 0.05) is 23.8 Å². The number of hydrogen-bond acceptors (Lipinski definition) is 1. The van der Waals surface area contributed by atoms with E-state index in [1.54, 1.807) is 0 Å². The van der Waals surface area contributed by atoms with Gasteiger partial charge in [-0.3, -0.25) is 0 Å². The van der Waals surface area contributed by atoms with Crippen molar-refractivity contribution in [3.63, 3.8) is 0 Å². The molecule has 108 valence electrons. The quantitative estimate of drug-likeness (QED) is 0.651. The summed E-state index contributed by atoms with van der Waals surface area (Å²) in [5, 5.41) is 4.16. The molecule has 2 aromatic carbocycles. The van der Waals surface area contributed by atoms with Crippen LogP contribution in [0.3, 0.4) is 0 Å². The molecule has 1 aliphatic heterocycles. The van der Waals surface area contributed by atoms with Crippen LogP contribution in [0.2, 0.25) is 5.02 Å². The average Bonchev–Trinajstić information content (AvgIpc) is 3.04. The van der Waals surface area contributed by atoms with Crippen molar-refractivity contribution in [1.29, 1.82) is 0 Å². The molecule has 0 bridgehead atoms. The first-order chi connectivity index (χ1) is 10.3. The molecule has 1 heterocycles. The second-order valence-corrected chi connectivity index (χ2v) is 5.53. The number of para-hydroxylation sites is 1. The van der Waals surface area contributed by atoms with E-state index in [9.17, 15) is 0 Å². The molecule has 0 aliphatic carbocycles. The van der Waals surface area contributed by atoms with Gasteiger partial charge >= 0.3 is 0 Å². The zero-order chi connectivity index (χ0) is 14.5. The molecule has 0 amide bonds. The summed E-state index contributed by atoms with van der Waals surface area (Å²) < 4.78 is 0. The van der Waals surface area contributed by atoms with E-state index < -0.39 is 0 Å². The molecule has 0 aromatic heterocycles. The number of nitrogens with one attached hydrogen (secondary N) is 1. The van der Waals surface area contributed by atoms with Crippen LogP contribution >= 0.6 is 11.6 Å². The van der Waals surface area contributed by atoms with E-state index in [2.05, 4.69) is 10.2 Å². The van der Waals surface area contributed by atoms with Crippen molar-refractivity contribution in [3.8, 4) is 0 Å². The summed E-state index contributed by atoms with van der Waals surface area (Å²) in [6.07, 6.45) is 2.44. The van der Waals surface area contributed by atoms with Crippen LogP contribution in [0.25, 0.3) is 0 Å². The summed E-state index contributed by atoms with van der Waals surface area (Å²) >= 11 is 5.93. The lowest BCUT2D eigenvalue weighted by molar-refractivity contribution is 0.518. The highest BCUT2D eigenvalue weighted by Gasteiger charge is 2.16. The Balaban J connectivity index is 1.86. The summed E-state index contributed by atoms with van der Waals surface area (Å²) in [6.45, 7) is 2.10. The first kappa shape index (κ1) is 14.0. The van der Waals surface area contributed by atoms with E-state index in [1.165, 1.54) is 12.8 Å². The van der Waals surface area contributed by atoms with Gasteiger partial charge in [-0.05, 0) is 49.2 Å². The summed E-state index contributed by atoms with van der Waals surface area (Å²) in [6, 6.07) is 17.8. The van der Waals surface area contributed by atoms with Crippen molar-refractivity contribution in [2.24, 2.45) is 4.99 Å². The summed E-state index contributed by atoms with van der Waals surface area (Å²) in [7, 11) is 0. The Morgan fingerprint density at radius 1 is 0.952 bits per heavy atom. The van der Waals surface area contributed by atoms with Crippen molar-refractivity contribution >= 4 is 28.9 Å². The van der Waals surface area contributed by atoms with Gasteiger partial charge < -0.3 is 10.2 Å². The van der Waals surface area contributed by atoms with Crippen LogP contribution in [-0.4, -0.2) is 23.9 Å². The standard InChI is InChI=1S/C17H18ClN3/c18-14-8-10-16(11-9-14)20-17(21-12-4-5-13-21)19-15-6-2-1-3-7-15/h1-3,6-11H,4-5,12-13H2,(H,19,20). The third-order valence-electron chi connectivity index (χ3n) is 3.50. The van der Waals surface area contributed by atoms with E-state index in [-0.39, 0.29) is 0 Å². The van der Waals surface area contributed by atoms with Gasteiger partial charge in [-0.1, -0.05) is 29.8 Å². The van der Waals surface area contributed by atoms with Crippen molar-refractivity contribution in [1.82, 2.24) is 4.90 Å². The SMILES string of the molecule is Clc1ccc(N=C(Nc2ccccc2)N2CCCC2)cc1. The molecule has 0 radical (unpaired) electrons. The lowest BCUT2D eigenvalue weighted by Gasteiger charge is -2.21. The van der Waals surface area contributed by atoms with Gasteiger partial charge in [-0.15, -0.1) is 0 Å². The largest absolute Gasteiger partial charge is 0.342 e. The number of guanidine groups is 1. The van der Waals surface area contributed by atoms with Crippen LogP contribution in [0.15, 0.2) is 59.6 Å². The highest BCUT2D eigenvalue weighted by atomic mass is 35.5. The minimum atomic E-state index is 0.729. The van der Waals surface area contributed by atoms with Crippen LogP contribution in [0, 0.1) is 0 Å². The molecule has 3 rings (SSSR count). The first-order valence-corrected chi connectivity index (χ1v) is 7.60. The van der Waals surface area contributed by atoms with Crippen LogP contribution in [0.1, 0.15) is 12.8 Å². The van der Waals surface area contributed by atoms with Crippen LogP contribution < -0.4 is 5.32 Å². The molecular weight excluding hydrogens is 282 g/mol. The van der Waals surface area contributed by atoms with Gasteiger partial charge in [-0.2, -0.15) is 0 Å². The number of nitrogens with zero attached hydrogens (tertiary/aromatic N) is 2. The minimum Gasteiger partial charge on any atom is -0.342 e. The Kier molecular flexibility index (Phi) is 4.41. The predicted molar refractivity (Wildman–Crippen MR) is 89.4 cm³/mol. The monoisotopic (exact) mass is 299 g/mol. The van der Waals surface area contributed by atoms with Crippen LogP contribution in [0.4, 0.5) is 11.4 Å². The van der Waals surface area contributed by atoms with Crippen molar-refractivity contribution < 1.29 is 0 Å². The smallest absolute Gasteiger partial charge is 0.203 e. The molecule has 1 fully saturated rings. The van der Waals surface area contributed by atoms with E-state index in [0.29, 0.717) is 0 Å². The Morgan fingerprint density at radius 3 is 2.29 bits per heavy atom. The van der Waals surface area contributed by atoms with Gasteiger partial charge in [0.05, 0.1) is 5.69 Å². The molecule has 0 saturated carbocycles. The molecule has 21 heavy (non-hydrogen) atoms. The van der Waals surface area contributed by atoms with Crippen molar-refractivity contribution in [2.75, 3.05) is 18.4 Å². The van der Waals surface area contributed by atoms with Gasteiger partial charge in [0.15, 0.2) is 0 Å². The molecular formula is C17H18ClN3. The molecule has 3 nitrogen and oxygen atoms in total. The third-order valence-corrected chi connectivity index (χ3v) is 3.75. The lowest BCUT2D eigenvalue weighted by atomic mass is 10.3. The van der Waals surface area contributed by atoms with Gasteiger partial charge in [0.2, 0.25) is 5.96 Å². The number of likely N-dealkylation sites (tertiary alicyclic amines) is 1. The van der Waals surface area contributed by atoms with Crippen molar-refractivity contribution in [3.05, 3.63) is 59.6 Å². The van der Waals surface area contributed by atoms with Crippen LogP contribution in [0.5, 0.6) is 0 Å². The predicted octanol–water partition coefficient (Wildman–Crippen LogP) is 4.54. The highest BCUT2D eigenvalue weighted by Crippen LogP contribution is 2.19. The third kappa shape index (κ3) is 3.76. The zero-order valence-electron chi connectivity index (χ0n) is 11.8. The van der Waals surface area contributed by atoms with E-state index >= 15 is 0 Å². The molecule has 1 N–H and O–H groups in total. The molecule has 0 unspecified atom stereocenters. The van der Waals surface area contributed by atoms with Gasteiger partial charge in [-0.25, -0.2) is 4.99 Å². The normalized spacial score (nSPS) is 15.3. The number of hydrogen-bond donors (Lipinski definition) is 1. The number of aliphatic imine (C=N–C) groups is 1. The Labute approximate surface area is 130 Å². The first-order valence-electron chi connectivity index (χ1n) is 7.22. The second-order valence-electron chi connectivity index (χ2n) is 5.10. The second kappa shape index (κ2) is 6.64. The minimum absolute atomic E-state index is 0.729. The number of rotatable bonds is 2. The van der Waals surface area contributed by atoms with E-state index in [1.807, 2.05) is 54.6 Å². The summed E-state index contributed by atoms with van der Waals surface area (Å²) in [5.74, 6) is 0.904. The fraction of sp³-hybridized carbons (Fsp3) is 0.235. The molecule has 2 aromatic rings. The van der Waals surface area contributed by atoms with E-state index in [4.69, 9.17) is 16.6 Å².